The van der Waals surface area contributed by atoms with E-state index in [1.165, 1.54) is 35.2 Å². The van der Waals surface area contributed by atoms with Crippen molar-refractivity contribution in [3.05, 3.63) is 57.4 Å². The van der Waals surface area contributed by atoms with Crippen molar-refractivity contribution in [3.63, 3.8) is 0 Å². The summed E-state index contributed by atoms with van der Waals surface area (Å²) in [5.74, 6) is -0.101. The summed E-state index contributed by atoms with van der Waals surface area (Å²) >= 11 is 2.61. The largest absolute Gasteiger partial charge is 0.345 e. The number of amides is 1. The Balaban J connectivity index is 1.86. The van der Waals surface area contributed by atoms with Crippen LogP contribution in [0.5, 0.6) is 0 Å². The van der Waals surface area contributed by atoms with Crippen molar-refractivity contribution >= 4 is 39.2 Å². The van der Waals surface area contributed by atoms with Crippen molar-refractivity contribution in [2.45, 2.75) is 31.5 Å². The van der Waals surface area contributed by atoms with E-state index in [0.717, 1.165) is 24.9 Å². The van der Waals surface area contributed by atoms with Gasteiger partial charge in [0.25, 0.3) is 5.56 Å². The van der Waals surface area contributed by atoms with Gasteiger partial charge in [0.1, 0.15) is 10.5 Å². The Kier molecular flexibility index (Phi) is 6.85. The lowest BCUT2D eigenvalue weighted by atomic mass is 10.2. The normalized spacial score (nSPS) is 11.1. The van der Waals surface area contributed by atoms with Gasteiger partial charge in [-0.05, 0) is 35.6 Å². The van der Waals surface area contributed by atoms with E-state index >= 15 is 0 Å². The number of fused-ring (bicyclic) bond motifs is 1. The van der Waals surface area contributed by atoms with Crippen LogP contribution in [0.1, 0.15) is 25.3 Å². The first-order valence-corrected chi connectivity index (χ1v) is 11.0. The number of carbonyl (C=O) groups excluding carboxylic acids is 1. The molecule has 0 saturated heterocycles. The number of thiophene rings is 1. The van der Waals surface area contributed by atoms with E-state index in [0.29, 0.717) is 15.4 Å². The lowest BCUT2D eigenvalue weighted by Gasteiger charge is -2.17. The SMILES string of the molecule is CCCCN(C)C(=O)CSc1nc2ccsc2c(=O)n1Cc1ccc(F)cc1. The molecule has 0 N–H and O–H groups in total. The van der Waals surface area contributed by atoms with Crippen LogP contribution >= 0.6 is 23.1 Å². The fourth-order valence-electron chi connectivity index (χ4n) is 2.70. The van der Waals surface area contributed by atoms with Crippen LogP contribution in [0.2, 0.25) is 0 Å². The van der Waals surface area contributed by atoms with Gasteiger partial charge >= 0.3 is 0 Å². The van der Waals surface area contributed by atoms with Crippen LogP contribution in [0.3, 0.4) is 0 Å². The number of hydrogen-bond acceptors (Lipinski definition) is 5. The van der Waals surface area contributed by atoms with Crippen molar-refractivity contribution in [2.75, 3.05) is 19.3 Å². The maximum Gasteiger partial charge on any atom is 0.272 e. The first-order chi connectivity index (χ1) is 13.5. The molecule has 0 saturated carbocycles. The van der Waals surface area contributed by atoms with Crippen molar-refractivity contribution in [1.82, 2.24) is 14.5 Å². The molecule has 28 heavy (non-hydrogen) atoms. The molecule has 1 amide bonds. The Hall–Kier alpha value is -2.19. The molecule has 0 atom stereocenters. The van der Waals surface area contributed by atoms with Gasteiger partial charge in [-0.15, -0.1) is 11.3 Å². The minimum Gasteiger partial charge on any atom is -0.345 e. The fraction of sp³-hybridized carbons (Fsp3) is 0.350. The van der Waals surface area contributed by atoms with Gasteiger partial charge in [-0.1, -0.05) is 37.2 Å². The molecule has 0 fully saturated rings. The van der Waals surface area contributed by atoms with Crippen LogP contribution in [0, 0.1) is 5.82 Å². The summed E-state index contributed by atoms with van der Waals surface area (Å²) in [5.41, 5.74) is 1.30. The van der Waals surface area contributed by atoms with Crippen LogP contribution in [0.15, 0.2) is 45.7 Å². The number of benzene rings is 1. The summed E-state index contributed by atoms with van der Waals surface area (Å²) in [5, 5.41) is 2.33. The zero-order chi connectivity index (χ0) is 20.1. The molecule has 5 nitrogen and oxygen atoms in total. The predicted molar refractivity (Wildman–Crippen MR) is 113 cm³/mol. The van der Waals surface area contributed by atoms with Crippen molar-refractivity contribution in [1.29, 1.82) is 0 Å². The number of rotatable bonds is 8. The van der Waals surface area contributed by atoms with Gasteiger partial charge in [0.05, 0.1) is 17.8 Å². The number of nitrogens with zero attached hydrogens (tertiary/aromatic N) is 3. The molecule has 0 spiro atoms. The first kappa shape index (κ1) is 20.5. The molecule has 0 aliphatic carbocycles. The summed E-state index contributed by atoms with van der Waals surface area (Å²) < 4.78 is 15.3. The van der Waals surface area contributed by atoms with Crippen LogP contribution in [0.4, 0.5) is 4.39 Å². The molecule has 0 bridgehead atoms. The van der Waals surface area contributed by atoms with Crippen LogP contribution < -0.4 is 5.56 Å². The summed E-state index contributed by atoms with van der Waals surface area (Å²) in [7, 11) is 1.79. The lowest BCUT2D eigenvalue weighted by Crippen LogP contribution is -2.30. The molecule has 148 valence electrons. The fourth-order valence-corrected chi connectivity index (χ4v) is 4.42. The molecule has 0 aliphatic rings. The molecular formula is C20H22FN3O2S2. The first-order valence-electron chi connectivity index (χ1n) is 9.09. The van der Waals surface area contributed by atoms with Gasteiger partial charge in [-0.2, -0.15) is 0 Å². The summed E-state index contributed by atoms with van der Waals surface area (Å²) in [4.78, 5) is 31.6. The zero-order valence-electron chi connectivity index (χ0n) is 15.9. The molecule has 0 aliphatic heterocycles. The maximum absolute atomic E-state index is 13.2. The van der Waals surface area contributed by atoms with Gasteiger partial charge in [-0.3, -0.25) is 14.2 Å². The molecule has 3 aromatic rings. The van der Waals surface area contributed by atoms with Gasteiger partial charge in [0.2, 0.25) is 5.91 Å². The quantitative estimate of drug-likeness (QED) is 0.409. The highest BCUT2D eigenvalue weighted by Gasteiger charge is 2.16. The van der Waals surface area contributed by atoms with Gasteiger partial charge in [-0.25, -0.2) is 9.37 Å². The second-order valence-electron chi connectivity index (χ2n) is 6.50. The Morgan fingerprint density at radius 1 is 1.29 bits per heavy atom. The Morgan fingerprint density at radius 3 is 2.75 bits per heavy atom. The zero-order valence-corrected chi connectivity index (χ0v) is 17.5. The number of aromatic nitrogens is 2. The van der Waals surface area contributed by atoms with E-state index in [-0.39, 0.29) is 29.6 Å². The van der Waals surface area contributed by atoms with Crippen molar-refractivity contribution in [2.24, 2.45) is 0 Å². The average molecular weight is 420 g/mol. The summed E-state index contributed by atoms with van der Waals surface area (Å²) in [6.07, 6.45) is 1.99. The van der Waals surface area contributed by atoms with Gasteiger partial charge in [0, 0.05) is 13.6 Å². The molecule has 0 unspecified atom stereocenters. The molecule has 3 rings (SSSR count). The molecule has 1 aromatic carbocycles. The smallest absolute Gasteiger partial charge is 0.272 e. The van der Waals surface area contributed by atoms with Gasteiger partial charge < -0.3 is 4.90 Å². The van der Waals surface area contributed by atoms with Crippen molar-refractivity contribution < 1.29 is 9.18 Å². The summed E-state index contributed by atoms with van der Waals surface area (Å²) in [6.45, 7) is 3.08. The van der Waals surface area contributed by atoms with E-state index < -0.39 is 0 Å². The maximum atomic E-state index is 13.2. The average Bonchev–Trinajstić information content (AvgIpc) is 3.17. The van der Waals surface area contributed by atoms with E-state index in [9.17, 15) is 14.0 Å². The van der Waals surface area contributed by atoms with Crippen LogP contribution in [-0.2, 0) is 11.3 Å². The van der Waals surface area contributed by atoms with E-state index in [4.69, 9.17) is 0 Å². The Labute approximate surface area is 171 Å². The van der Waals surface area contributed by atoms with E-state index in [1.54, 1.807) is 28.6 Å². The molecular weight excluding hydrogens is 397 g/mol. The second kappa shape index (κ2) is 9.34. The second-order valence-corrected chi connectivity index (χ2v) is 8.36. The highest BCUT2D eigenvalue weighted by atomic mass is 32.2. The number of unbranched alkanes of at least 4 members (excludes halogenated alkanes) is 1. The minimum atomic E-state index is -0.321. The molecule has 2 heterocycles. The molecule has 0 radical (unpaired) electrons. The predicted octanol–water partition coefficient (Wildman–Crippen LogP) is 4.00. The van der Waals surface area contributed by atoms with E-state index in [1.807, 2.05) is 11.4 Å². The van der Waals surface area contributed by atoms with Crippen LogP contribution in [-0.4, -0.2) is 39.7 Å². The third-order valence-corrected chi connectivity index (χ3v) is 6.24. The molecule has 8 heteroatoms. The number of thioether (sulfide) groups is 1. The Bertz CT molecular complexity index is 1010. The molecule has 2 aromatic heterocycles. The standard InChI is InChI=1S/C20H22FN3O2S2/c1-3-4-10-23(2)17(25)13-28-20-22-16-9-11-27-18(16)19(26)24(20)12-14-5-7-15(21)8-6-14/h5-9,11H,3-4,10,12-13H2,1-2H3. The van der Waals surface area contributed by atoms with Crippen LogP contribution in [0.25, 0.3) is 10.2 Å². The number of carbonyl (C=O) groups is 1. The number of halogens is 1. The topological polar surface area (TPSA) is 55.2 Å². The van der Waals surface area contributed by atoms with Crippen molar-refractivity contribution in [3.8, 4) is 0 Å². The Morgan fingerprint density at radius 2 is 2.04 bits per heavy atom. The monoisotopic (exact) mass is 419 g/mol. The third kappa shape index (κ3) is 4.80. The lowest BCUT2D eigenvalue weighted by molar-refractivity contribution is -0.127. The highest BCUT2D eigenvalue weighted by Crippen LogP contribution is 2.22. The summed E-state index contributed by atoms with van der Waals surface area (Å²) in [6, 6.07) is 7.85. The third-order valence-electron chi connectivity index (χ3n) is 4.38. The highest BCUT2D eigenvalue weighted by molar-refractivity contribution is 7.99. The number of hydrogen-bond donors (Lipinski definition) is 0. The van der Waals surface area contributed by atoms with E-state index in [2.05, 4.69) is 11.9 Å². The minimum absolute atomic E-state index is 0.00597. The van der Waals surface area contributed by atoms with Gasteiger partial charge in [0.15, 0.2) is 5.16 Å².